The Morgan fingerprint density at radius 1 is 1.17 bits per heavy atom. The molecule has 0 unspecified atom stereocenters. The van der Waals surface area contributed by atoms with E-state index in [2.05, 4.69) is 10.4 Å². The number of nitro groups is 1. The van der Waals surface area contributed by atoms with E-state index < -0.39 is 4.92 Å². The maximum absolute atomic E-state index is 11.9. The molecule has 8 heteroatoms. The third-order valence-corrected chi connectivity index (χ3v) is 4.38. The minimum Gasteiger partial charge on any atom is -0.484 e. The lowest BCUT2D eigenvalue weighted by molar-refractivity contribution is -0.384. The van der Waals surface area contributed by atoms with Gasteiger partial charge in [-0.05, 0) is 49.6 Å². The Kier molecular flexibility index (Phi) is 6.57. The van der Waals surface area contributed by atoms with E-state index in [1.807, 2.05) is 48.1 Å². The molecule has 1 aromatic heterocycles. The van der Waals surface area contributed by atoms with Crippen molar-refractivity contribution >= 4 is 11.6 Å². The fraction of sp³-hybridized carbons (Fsp3) is 0.238. The number of nitro benzene ring substituents is 1. The lowest BCUT2D eigenvalue weighted by Crippen LogP contribution is -2.29. The highest BCUT2D eigenvalue weighted by Gasteiger charge is 2.08. The lowest BCUT2D eigenvalue weighted by Gasteiger charge is -2.07. The van der Waals surface area contributed by atoms with E-state index in [9.17, 15) is 14.9 Å². The van der Waals surface area contributed by atoms with Crippen LogP contribution in [-0.2, 0) is 11.2 Å². The van der Waals surface area contributed by atoms with Crippen LogP contribution in [0.15, 0.2) is 60.8 Å². The van der Waals surface area contributed by atoms with Gasteiger partial charge in [0.15, 0.2) is 6.61 Å². The second kappa shape index (κ2) is 9.50. The molecule has 0 aliphatic heterocycles. The maximum atomic E-state index is 11.9. The number of amides is 1. The zero-order chi connectivity index (χ0) is 20.6. The number of non-ortho nitro benzene ring substituents is 1. The topological polar surface area (TPSA) is 99.3 Å². The first kappa shape index (κ1) is 20.1. The predicted molar refractivity (Wildman–Crippen MR) is 108 cm³/mol. The number of rotatable bonds is 9. The standard InChI is InChI=1S/C21H22N4O4/c1-16-17(14-24(23-16)18-7-3-2-4-8-18)6-5-13-22-21(26)15-29-20-11-9-19(10-12-20)25(27)28/h2-4,7-12,14H,5-6,13,15H2,1H3,(H,22,26). The van der Waals surface area contributed by atoms with Crippen molar-refractivity contribution in [3.05, 3.63) is 82.2 Å². The van der Waals surface area contributed by atoms with Crippen molar-refractivity contribution in [3.8, 4) is 11.4 Å². The highest BCUT2D eigenvalue weighted by atomic mass is 16.6. The van der Waals surface area contributed by atoms with Gasteiger partial charge in [-0.15, -0.1) is 0 Å². The Labute approximate surface area is 168 Å². The van der Waals surface area contributed by atoms with Crippen molar-refractivity contribution in [2.24, 2.45) is 0 Å². The zero-order valence-electron chi connectivity index (χ0n) is 16.1. The number of para-hydroxylation sites is 1. The fourth-order valence-corrected chi connectivity index (χ4v) is 2.82. The molecule has 0 saturated heterocycles. The normalized spacial score (nSPS) is 10.5. The molecule has 0 atom stereocenters. The molecule has 0 bridgehead atoms. The molecule has 1 amide bonds. The number of carbonyl (C=O) groups excluding carboxylic acids is 1. The van der Waals surface area contributed by atoms with E-state index in [1.165, 1.54) is 24.3 Å². The number of nitrogens with one attached hydrogen (secondary N) is 1. The highest BCUT2D eigenvalue weighted by Crippen LogP contribution is 2.17. The maximum Gasteiger partial charge on any atom is 0.269 e. The molecule has 8 nitrogen and oxygen atoms in total. The number of ether oxygens (including phenoxy) is 1. The average molecular weight is 394 g/mol. The van der Waals surface area contributed by atoms with Crippen LogP contribution >= 0.6 is 0 Å². The summed E-state index contributed by atoms with van der Waals surface area (Å²) in [6, 6.07) is 15.5. The van der Waals surface area contributed by atoms with Gasteiger partial charge in [0.2, 0.25) is 0 Å². The van der Waals surface area contributed by atoms with Gasteiger partial charge in [0.25, 0.3) is 11.6 Å². The van der Waals surface area contributed by atoms with Gasteiger partial charge in [0, 0.05) is 24.9 Å². The largest absolute Gasteiger partial charge is 0.484 e. The van der Waals surface area contributed by atoms with Crippen LogP contribution in [0.3, 0.4) is 0 Å². The van der Waals surface area contributed by atoms with E-state index in [1.54, 1.807) is 0 Å². The van der Waals surface area contributed by atoms with Gasteiger partial charge in [-0.1, -0.05) is 18.2 Å². The van der Waals surface area contributed by atoms with Gasteiger partial charge in [0.05, 0.1) is 16.3 Å². The summed E-state index contributed by atoms with van der Waals surface area (Å²) >= 11 is 0. The van der Waals surface area contributed by atoms with Crippen LogP contribution in [0.1, 0.15) is 17.7 Å². The Morgan fingerprint density at radius 2 is 1.90 bits per heavy atom. The molecule has 1 N–H and O–H groups in total. The zero-order valence-corrected chi connectivity index (χ0v) is 16.1. The molecular formula is C21H22N4O4. The summed E-state index contributed by atoms with van der Waals surface area (Å²) in [5.41, 5.74) is 3.11. The number of aromatic nitrogens is 2. The van der Waals surface area contributed by atoms with Crippen molar-refractivity contribution in [2.45, 2.75) is 19.8 Å². The molecule has 0 spiro atoms. The van der Waals surface area contributed by atoms with E-state index in [0.717, 1.165) is 29.8 Å². The molecule has 150 valence electrons. The van der Waals surface area contributed by atoms with Crippen LogP contribution in [-0.4, -0.2) is 33.8 Å². The molecule has 0 radical (unpaired) electrons. The first-order chi connectivity index (χ1) is 14.0. The summed E-state index contributed by atoms with van der Waals surface area (Å²) in [6.07, 6.45) is 3.61. The van der Waals surface area contributed by atoms with Crippen molar-refractivity contribution in [1.29, 1.82) is 0 Å². The summed E-state index contributed by atoms with van der Waals surface area (Å²) in [6.45, 7) is 2.37. The Bertz CT molecular complexity index is 968. The monoisotopic (exact) mass is 394 g/mol. The van der Waals surface area contributed by atoms with Crippen LogP contribution in [0.2, 0.25) is 0 Å². The minimum absolute atomic E-state index is 0.0207. The van der Waals surface area contributed by atoms with Crippen LogP contribution in [0, 0.1) is 17.0 Å². The van der Waals surface area contributed by atoms with Crippen molar-refractivity contribution in [2.75, 3.05) is 13.2 Å². The first-order valence-corrected chi connectivity index (χ1v) is 9.27. The average Bonchev–Trinajstić information content (AvgIpc) is 3.11. The first-order valence-electron chi connectivity index (χ1n) is 9.27. The summed E-state index contributed by atoms with van der Waals surface area (Å²) in [5.74, 6) is 0.176. The molecule has 1 heterocycles. The van der Waals surface area contributed by atoms with Gasteiger partial charge in [-0.25, -0.2) is 4.68 Å². The van der Waals surface area contributed by atoms with Crippen molar-refractivity contribution < 1.29 is 14.5 Å². The summed E-state index contributed by atoms with van der Waals surface area (Å²) in [7, 11) is 0. The molecule has 0 saturated carbocycles. The quantitative estimate of drug-likeness (QED) is 0.341. The molecule has 29 heavy (non-hydrogen) atoms. The second-order valence-electron chi connectivity index (χ2n) is 6.51. The molecule has 0 fully saturated rings. The van der Waals surface area contributed by atoms with E-state index in [-0.39, 0.29) is 18.2 Å². The van der Waals surface area contributed by atoms with Crippen molar-refractivity contribution in [1.82, 2.24) is 15.1 Å². The van der Waals surface area contributed by atoms with E-state index in [4.69, 9.17) is 4.74 Å². The Morgan fingerprint density at radius 3 is 2.59 bits per heavy atom. The van der Waals surface area contributed by atoms with E-state index >= 15 is 0 Å². The van der Waals surface area contributed by atoms with Crippen LogP contribution < -0.4 is 10.1 Å². The van der Waals surface area contributed by atoms with Gasteiger partial charge in [0.1, 0.15) is 5.75 Å². The highest BCUT2D eigenvalue weighted by molar-refractivity contribution is 5.77. The predicted octanol–water partition coefficient (Wildman–Crippen LogP) is 3.22. The third kappa shape index (κ3) is 5.65. The third-order valence-electron chi connectivity index (χ3n) is 4.38. The molecule has 3 rings (SSSR count). The molecule has 0 aliphatic carbocycles. The molecule has 3 aromatic rings. The van der Waals surface area contributed by atoms with Crippen LogP contribution in [0.25, 0.3) is 5.69 Å². The van der Waals surface area contributed by atoms with Gasteiger partial charge >= 0.3 is 0 Å². The summed E-state index contributed by atoms with van der Waals surface area (Å²) in [4.78, 5) is 22.0. The van der Waals surface area contributed by atoms with Crippen LogP contribution in [0.5, 0.6) is 5.75 Å². The summed E-state index contributed by atoms with van der Waals surface area (Å²) < 4.78 is 7.20. The number of carbonyl (C=O) groups is 1. The van der Waals surface area contributed by atoms with Gasteiger partial charge < -0.3 is 10.1 Å². The number of aryl methyl sites for hydroxylation is 2. The fourth-order valence-electron chi connectivity index (χ4n) is 2.82. The SMILES string of the molecule is Cc1nn(-c2ccccc2)cc1CCCNC(=O)COc1ccc([N+](=O)[O-])cc1. The number of benzene rings is 2. The van der Waals surface area contributed by atoms with Crippen molar-refractivity contribution in [3.63, 3.8) is 0 Å². The smallest absolute Gasteiger partial charge is 0.269 e. The Balaban J connectivity index is 1.39. The number of hydrogen-bond acceptors (Lipinski definition) is 5. The number of hydrogen-bond donors (Lipinski definition) is 1. The van der Waals surface area contributed by atoms with Crippen LogP contribution in [0.4, 0.5) is 5.69 Å². The summed E-state index contributed by atoms with van der Waals surface area (Å²) in [5, 5.41) is 18.0. The van der Waals surface area contributed by atoms with Gasteiger partial charge in [-0.2, -0.15) is 5.10 Å². The lowest BCUT2D eigenvalue weighted by atomic mass is 10.1. The van der Waals surface area contributed by atoms with E-state index in [0.29, 0.717) is 12.3 Å². The molecule has 2 aromatic carbocycles. The molecular weight excluding hydrogens is 372 g/mol. The minimum atomic E-state index is -0.484. The van der Waals surface area contributed by atoms with Gasteiger partial charge in [-0.3, -0.25) is 14.9 Å². The second-order valence-corrected chi connectivity index (χ2v) is 6.51. The number of nitrogens with zero attached hydrogens (tertiary/aromatic N) is 3. The molecule has 0 aliphatic rings. The Hall–Kier alpha value is -3.68.